The average molecular weight is 488 g/mol. The van der Waals surface area contributed by atoms with E-state index in [0.717, 1.165) is 0 Å². The number of nitrogens with zero attached hydrogens (tertiary/aromatic N) is 2. The normalized spacial score (nSPS) is 12.5. The zero-order valence-corrected chi connectivity index (χ0v) is 18.1. The van der Waals surface area contributed by atoms with Gasteiger partial charge >= 0.3 is 18.4 Å². The third kappa shape index (κ3) is 5.86. The molecule has 0 aliphatic rings. The minimum Gasteiger partial charge on any atom is -0.308 e. The third-order valence-electron chi connectivity index (χ3n) is 4.64. The number of carbonyl (C=O) groups is 1. The largest absolute Gasteiger partial charge is 0.416 e. The molecule has 0 unspecified atom stereocenters. The van der Waals surface area contributed by atoms with Gasteiger partial charge in [0, 0.05) is 17.2 Å². The van der Waals surface area contributed by atoms with Gasteiger partial charge in [0.2, 0.25) is 0 Å². The van der Waals surface area contributed by atoms with Crippen molar-refractivity contribution in [2.24, 2.45) is 0 Å². The number of rotatable bonds is 3. The fourth-order valence-electron chi connectivity index (χ4n) is 2.92. The van der Waals surface area contributed by atoms with E-state index in [1.54, 1.807) is 0 Å². The van der Waals surface area contributed by atoms with Gasteiger partial charge in [-0.3, -0.25) is 5.32 Å². The van der Waals surface area contributed by atoms with Crippen molar-refractivity contribution in [3.05, 3.63) is 71.2 Å². The molecule has 0 radical (unpaired) electrons. The van der Waals surface area contributed by atoms with Crippen molar-refractivity contribution in [2.45, 2.75) is 38.5 Å². The smallest absolute Gasteiger partial charge is 0.308 e. The molecule has 0 aliphatic heterocycles. The van der Waals surface area contributed by atoms with Crippen LogP contribution in [0.1, 0.15) is 37.6 Å². The van der Waals surface area contributed by atoms with Crippen LogP contribution in [0, 0.1) is 5.82 Å². The van der Waals surface area contributed by atoms with Crippen LogP contribution in [0.2, 0.25) is 0 Å². The minimum atomic E-state index is -5.06. The summed E-state index contributed by atoms with van der Waals surface area (Å²) in [5.41, 5.74) is -3.42. The van der Waals surface area contributed by atoms with E-state index in [1.807, 2.05) is 26.1 Å². The molecule has 5 nitrogen and oxygen atoms in total. The van der Waals surface area contributed by atoms with Gasteiger partial charge in [-0.05, 0) is 42.5 Å². The Kier molecular flexibility index (Phi) is 6.38. The maximum atomic E-state index is 13.3. The summed E-state index contributed by atoms with van der Waals surface area (Å²) in [5.74, 6) is -0.443. The van der Waals surface area contributed by atoms with Crippen LogP contribution in [0.15, 0.2) is 48.5 Å². The predicted molar refractivity (Wildman–Crippen MR) is 111 cm³/mol. The summed E-state index contributed by atoms with van der Waals surface area (Å²) < 4.78 is 93.0. The van der Waals surface area contributed by atoms with Gasteiger partial charge in [0.15, 0.2) is 0 Å². The van der Waals surface area contributed by atoms with Crippen molar-refractivity contribution in [1.82, 2.24) is 9.78 Å². The summed E-state index contributed by atoms with van der Waals surface area (Å²) in [6, 6.07) is 6.26. The molecule has 3 aromatic rings. The van der Waals surface area contributed by atoms with Crippen molar-refractivity contribution < 1.29 is 35.5 Å². The average Bonchev–Trinajstić information content (AvgIpc) is 3.11. The lowest BCUT2D eigenvalue weighted by Crippen LogP contribution is -2.22. The van der Waals surface area contributed by atoms with Gasteiger partial charge in [-0.15, -0.1) is 0 Å². The van der Waals surface area contributed by atoms with Gasteiger partial charge in [0.25, 0.3) is 0 Å². The molecule has 182 valence electrons. The molecule has 0 atom stereocenters. The molecule has 0 spiro atoms. The standard InChI is InChI=1S/C22H19F7N4O/c1-20(2,3)17-11-18(33(32-17)16-6-4-14(23)5-7-16)31-19(34)30-15-9-12(21(24,25)26)8-13(10-15)22(27,28)29/h4-11H,1-3H3,(H2,30,31,34). The number of amides is 2. The molecule has 0 fully saturated rings. The number of hydrogen-bond acceptors (Lipinski definition) is 2. The molecule has 1 heterocycles. The highest BCUT2D eigenvalue weighted by atomic mass is 19.4. The van der Waals surface area contributed by atoms with Gasteiger partial charge in [-0.25, -0.2) is 13.9 Å². The predicted octanol–water partition coefficient (Wildman–Crippen LogP) is 6.99. The fourth-order valence-corrected chi connectivity index (χ4v) is 2.92. The van der Waals surface area contributed by atoms with Crippen LogP contribution < -0.4 is 10.6 Å². The van der Waals surface area contributed by atoms with E-state index in [9.17, 15) is 35.5 Å². The van der Waals surface area contributed by atoms with E-state index in [4.69, 9.17) is 0 Å². The Balaban J connectivity index is 1.94. The number of hydrogen-bond donors (Lipinski definition) is 2. The van der Waals surface area contributed by atoms with Crippen molar-refractivity contribution in [2.75, 3.05) is 10.6 Å². The lowest BCUT2D eigenvalue weighted by Gasteiger charge is -2.15. The van der Waals surface area contributed by atoms with E-state index in [2.05, 4.69) is 10.4 Å². The summed E-state index contributed by atoms with van der Waals surface area (Å²) in [4.78, 5) is 12.5. The first-order valence-corrected chi connectivity index (χ1v) is 9.78. The van der Waals surface area contributed by atoms with Gasteiger partial charge in [0.1, 0.15) is 11.6 Å². The SMILES string of the molecule is CC(C)(C)c1cc(NC(=O)Nc2cc(C(F)(F)F)cc(C(F)(F)F)c2)n(-c2ccc(F)cc2)n1. The number of nitrogens with one attached hydrogen (secondary N) is 2. The van der Waals surface area contributed by atoms with E-state index in [-0.39, 0.29) is 11.9 Å². The number of anilines is 2. The molecule has 0 bridgehead atoms. The lowest BCUT2D eigenvalue weighted by atomic mass is 9.92. The summed E-state index contributed by atoms with van der Waals surface area (Å²) >= 11 is 0. The Morgan fingerprint density at radius 3 is 1.82 bits per heavy atom. The zero-order valence-electron chi connectivity index (χ0n) is 18.1. The summed E-state index contributed by atoms with van der Waals surface area (Å²) in [5, 5.41) is 8.76. The van der Waals surface area contributed by atoms with Crippen LogP contribution in [0.4, 0.5) is 47.0 Å². The van der Waals surface area contributed by atoms with Gasteiger partial charge < -0.3 is 5.32 Å². The second-order valence-corrected chi connectivity index (χ2v) is 8.43. The van der Waals surface area contributed by atoms with Gasteiger partial charge in [0.05, 0.1) is 22.5 Å². The topological polar surface area (TPSA) is 59.0 Å². The van der Waals surface area contributed by atoms with Crippen molar-refractivity contribution >= 4 is 17.5 Å². The van der Waals surface area contributed by atoms with E-state index in [0.29, 0.717) is 23.5 Å². The van der Waals surface area contributed by atoms with Crippen LogP contribution in [-0.2, 0) is 17.8 Å². The number of carbonyl (C=O) groups excluding carboxylic acids is 1. The molecule has 0 aliphatic carbocycles. The molecule has 2 aromatic carbocycles. The number of halogens is 7. The Bertz CT molecular complexity index is 1160. The number of urea groups is 1. The fraction of sp³-hybridized carbons (Fsp3) is 0.273. The molecular formula is C22H19F7N4O. The second kappa shape index (κ2) is 8.65. The Hall–Kier alpha value is -3.57. The molecule has 0 saturated heterocycles. The van der Waals surface area contributed by atoms with E-state index in [1.165, 1.54) is 35.0 Å². The first-order valence-electron chi connectivity index (χ1n) is 9.78. The Morgan fingerprint density at radius 1 is 0.824 bits per heavy atom. The molecule has 34 heavy (non-hydrogen) atoms. The summed E-state index contributed by atoms with van der Waals surface area (Å²) in [7, 11) is 0. The summed E-state index contributed by atoms with van der Waals surface area (Å²) in [6.07, 6.45) is -10.1. The number of aromatic nitrogens is 2. The van der Waals surface area contributed by atoms with E-state index >= 15 is 0 Å². The molecule has 12 heteroatoms. The molecular weight excluding hydrogens is 469 g/mol. The monoisotopic (exact) mass is 488 g/mol. The van der Waals surface area contributed by atoms with Crippen molar-refractivity contribution in [1.29, 1.82) is 0 Å². The molecule has 2 N–H and O–H groups in total. The zero-order chi connectivity index (χ0) is 25.5. The molecule has 1 aromatic heterocycles. The first-order chi connectivity index (χ1) is 15.5. The van der Waals surface area contributed by atoms with Crippen molar-refractivity contribution in [3.63, 3.8) is 0 Å². The maximum absolute atomic E-state index is 13.3. The highest BCUT2D eigenvalue weighted by Gasteiger charge is 2.37. The summed E-state index contributed by atoms with van der Waals surface area (Å²) in [6.45, 7) is 5.53. The van der Waals surface area contributed by atoms with E-state index < -0.39 is 46.4 Å². The van der Waals surface area contributed by atoms with Crippen LogP contribution >= 0.6 is 0 Å². The van der Waals surface area contributed by atoms with Crippen LogP contribution in [0.25, 0.3) is 5.69 Å². The number of benzene rings is 2. The molecule has 3 rings (SSSR count). The maximum Gasteiger partial charge on any atom is 0.416 e. The quantitative estimate of drug-likeness (QED) is 0.391. The van der Waals surface area contributed by atoms with Crippen molar-refractivity contribution in [3.8, 4) is 5.69 Å². The van der Waals surface area contributed by atoms with Gasteiger partial charge in [-0.2, -0.15) is 31.4 Å². The second-order valence-electron chi connectivity index (χ2n) is 8.43. The van der Waals surface area contributed by atoms with Crippen LogP contribution in [0.3, 0.4) is 0 Å². The Morgan fingerprint density at radius 2 is 1.35 bits per heavy atom. The minimum absolute atomic E-state index is 0.0394. The molecule has 0 saturated carbocycles. The van der Waals surface area contributed by atoms with Crippen LogP contribution in [0.5, 0.6) is 0 Å². The molecule has 2 amide bonds. The number of alkyl halides is 6. The van der Waals surface area contributed by atoms with Gasteiger partial charge in [-0.1, -0.05) is 20.8 Å². The first kappa shape index (κ1) is 25.1. The Labute approximate surface area is 189 Å². The van der Waals surface area contributed by atoms with Crippen LogP contribution in [-0.4, -0.2) is 15.8 Å². The highest BCUT2D eigenvalue weighted by Crippen LogP contribution is 2.37. The third-order valence-corrected chi connectivity index (χ3v) is 4.64. The highest BCUT2D eigenvalue weighted by molar-refractivity contribution is 5.99. The lowest BCUT2D eigenvalue weighted by molar-refractivity contribution is -0.143.